The predicted octanol–water partition coefficient (Wildman–Crippen LogP) is 4.94. The molecule has 6 heteroatoms. The van der Waals surface area contributed by atoms with E-state index < -0.39 is 6.04 Å². The number of pyridine rings is 1. The molecule has 3 nitrogen and oxygen atoms in total. The maximum absolute atomic E-state index is 9.26. The van der Waals surface area contributed by atoms with Crippen molar-refractivity contribution in [1.29, 1.82) is 5.26 Å². The zero-order chi connectivity index (χ0) is 13.8. The highest BCUT2D eigenvalue weighted by atomic mass is 79.9. The van der Waals surface area contributed by atoms with Crippen molar-refractivity contribution >= 4 is 49.1 Å². The van der Waals surface area contributed by atoms with Gasteiger partial charge in [-0.3, -0.25) is 4.98 Å². The van der Waals surface area contributed by atoms with Crippen LogP contribution in [0.4, 0.5) is 5.69 Å². The van der Waals surface area contributed by atoms with Gasteiger partial charge in [0.1, 0.15) is 6.04 Å². The lowest BCUT2D eigenvalue weighted by molar-refractivity contribution is 0.979. The fraction of sp³-hybridized carbons (Fsp3) is 0.0769. The highest BCUT2D eigenvalue weighted by Crippen LogP contribution is 2.28. The number of nitrogens with zero attached hydrogens (tertiary/aromatic N) is 2. The van der Waals surface area contributed by atoms with Crippen LogP contribution >= 0.6 is 43.5 Å². The number of nitrogens with one attached hydrogen (secondary N) is 1. The Kier molecular flexibility index (Phi) is 4.81. The van der Waals surface area contributed by atoms with E-state index in [2.05, 4.69) is 48.2 Å². The Morgan fingerprint density at radius 1 is 1.26 bits per heavy atom. The Balaban J connectivity index is 2.24. The fourth-order valence-electron chi connectivity index (χ4n) is 1.53. The van der Waals surface area contributed by atoms with Gasteiger partial charge < -0.3 is 5.32 Å². The minimum Gasteiger partial charge on any atom is -0.366 e. The molecule has 0 bridgehead atoms. The van der Waals surface area contributed by atoms with Crippen LogP contribution in [0.3, 0.4) is 0 Å². The van der Waals surface area contributed by atoms with E-state index in [-0.39, 0.29) is 0 Å². The Hall–Kier alpha value is -1.09. The minimum atomic E-state index is -0.474. The van der Waals surface area contributed by atoms with Crippen molar-refractivity contribution in [3.05, 3.63) is 56.2 Å². The van der Waals surface area contributed by atoms with Gasteiger partial charge in [-0.25, -0.2) is 0 Å². The Labute approximate surface area is 132 Å². The second-order valence-electron chi connectivity index (χ2n) is 3.77. The van der Waals surface area contributed by atoms with E-state index in [1.54, 1.807) is 18.5 Å². The van der Waals surface area contributed by atoms with Crippen molar-refractivity contribution in [1.82, 2.24) is 4.98 Å². The molecule has 0 aliphatic rings. The van der Waals surface area contributed by atoms with Gasteiger partial charge in [-0.15, -0.1) is 0 Å². The number of benzene rings is 1. The number of hydrogen-bond donors (Lipinski definition) is 1. The molecule has 1 heterocycles. The van der Waals surface area contributed by atoms with E-state index in [0.717, 1.165) is 20.2 Å². The van der Waals surface area contributed by atoms with E-state index in [9.17, 15) is 5.26 Å². The predicted molar refractivity (Wildman–Crippen MR) is 83.1 cm³/mol. The van der Waals surface area contributed by atoms with Crippen molar-refractivity contribution in [2.45, 2.75) is 6.04 Å². The highest BCUT2D eigenvalue weighted by Gasteiger charge is 2.11. The van der Waals surface area contributed by atoms with Gasteiger partial charge in [0.25, 0.3) is 0 Å². The van der Waals surface area contributed by atoms with Crippen LogP contribution in [0.5, 0.6) is 0 Å². The molecule has 0 saturated carbocycles. The third-order valence-electron chi connectivity index (χ3n) is 2.42. The van der Waals surface area contributed by atoms with Crippen molar-refractivity contribution in [3.63, 3.8) is 0 Å². The molecule has 0 spiro atoms. The SMILES string of the molecule is N#CC(Nc1ccc(Cl)c(Br)c1)c1cncc(Br)c1. The van der Waals surface area contributed by atoms with E-state index >= 15 is 0 Å². The molecule has 0 fully saturated rings. The number of halogens is 3. The Bertz CT molecular complexity index is 640. The fourth-order valence-corrected chi connectivity index (χ4v) is 2.41. The summed E-state index contributed by atoms with van der Waals surface area (Å²) < 4.78 is 1.62. The Morgan fingerprint density at radius 2 is 2.05 bits per heavy atom. The molecule has 0 aliphatic heterocycles. The zero-order valence-corrected chi connectivity index (χ0v) is 13.5. The third kappa shape index (κ3) is 3.69. The number of aromatic nitrogens is 1. The summed E-state index contributed by atoms with van der Waals surface area (Å²) in [4.78, 5) is 4.06. The Morgan fingerprint density at radius 3 is 2.68 bits per heavy atom. The van der Waals surface area contributed by atoms with Crippen LogP contribution < -0.4 is 5.32 Å². The molecule has 1 unspecified atom stereocenters. The summed E-state index contributed by atoms with van der Waals surface area (Å²) in [5.74, 6) is 0. The summed E-state index contributed by atoms with van der Waals surface area (Å²) in [7, 11) is 0. The average molecular weight is 401 g/mol. The van der Waals surface area contributed by atoms with Crippen molar-refractivity contribution in [2.75, 3.05) is 5.32 Å². The van der Waals surface area contributed by atoms with Gasteiger partial charge in [0.05, 0.1) is 11.1 Å². The summed E-state index contributed by atoms with van der Waals surface area (Å²) >= 11 is 12.6. The van der Waals surface area contributed by atoms with Crippen LogP contribution in [-0.4, -0.2) is 4.98 Å². The number of hydrogen-bond acceptors (Lipinski definition) is 3. The molecule has 0 radical (unpaired) electrons. The molecule has 0 amide bonds. The molecule has 1 aromatic heterocycles. The van der Waals surface area contributed by atoms with Crippen LogP contribution in [0.2, 0.25) is 5.02 Å². The van der Waals surface area contributed by atoms with E-state index in [0.29, 0.717) is 5.02 Å². The van der Waals surface area contributed by atoms with Crippen molar-refractivity contribution in [3.8, 4) is 6.07 Å². The largest absolute Gasteiger partial charge is 0.366 e. The van der Waals surface area contributed by atoms with Gasteiger partial charge in [0, 0.05) is 32.6 Å². The second kappa shape index (κ2) is 6.38. The quantitative estimate of drug-likeness (QED) is 0.793. The zero-order valence-electron chi connectivity index (χ0n) is 9.57. The first-order valence-corrected chi connectivity index (χ1v) is 7.28. The van der Waals surface area contributed by atoms with Crippen molar-refractivity contribution in [2.24, 2.45) is 0 Å². The molecule has 1 N–H and O–H groups in total. The maximum Gasteiger partial charge on any atom is 0.141 e. The van der Waals surface area contributed by atoms with Crippen LogP contribution in [0, 0.1) is 11.3 Å². The van der Waals surface area contributed by atoms with Crippen LogP contribution in [0.1, 0.15) is 11.6 Å². The van der Waals surface area contributed by atoms with E-state index in [1.807, 2.05) is 18.2 Å². The van der Waals surface area contributed by atoms with E-state index in [1.165, 1.54) is 0 Å². The smallest absolute Gasteiger partial charge is 0.141 e. The molecular formula is C13H8Br2ClN3. The standard InChI is InChI=1S/C13H8Br2ClN3/c14-9-3-8(6-18-7-9)13(5-17)19-10-1-2-12(16)11(15)4-10/h1-4,6-7,13,19H. The van der Waals surface area contributed by atoms with Gasteiger partial charge in [-0.2, -0.15) is 5.26 Å². The van der Waals surface area contributed by atoms with Gasteiger partial charge in [-0.05, 0) is 56.1 Å². The van der Waals surface area contributed by atoms with Crippen LogP contribution in [-0.2, 0) is 0 Å². The first-order valence-electron chi connectivity index (χ1n) is 5.32. The summed E-state index contributed by atoms with van der Waals surface area (Å²) in [5.41, 5.74) is 1.60. The molecule has 96 valence electrons. The first-order chi connectivity index (χ1) is 9.10. The number of anilines is 1. The highest BCUT2D eigenvalue weighted by molar-refractivity contribution is 9.10. The summed E-state index contributed by atoms with van der Waals surface area (Å²) in [6.45, 7) is 0. The lowest BCUT2D eigenvalue weighted by Gasteiger charge is -2.13. The third-order valence-corrected chi connectivity index (χ3v) is 4.07. The lowest BCUT2D eigenvalue weighted by atomic mass is 10.1. The van der Waals surface area contributed by atoms with Crippen LogP contribution in [0.15, 0.2) is 45.6 Å². The molecule has 0 saturated heterocycles. The summed E-state index contributed by atoms with van der Waals surface area (Å²) in [6, 6.07) is 9.01. The molecule has 1 atom stereocenters. The summed E-state index contributed by atoms with van der Waals surface area (Å²) in [6.07, 6.45) is 3.34. The van der Waals surface area contributed by atoms with Crippen LogP contribution in [0.25, 0.3) is 0 Å². The molecule has 2 aromatic rings. The normalized spacial score (nSPS) is 11.7. The van der Waals surface area contributed by atoms with Crippen molar-refractivity contribution < 1.29 is 0 Å². The maximum atomic E-state index is 9.26. The van der Waals surface area contributed by atoms with E-state index in [4.69, 9.17) is 11.6 Å². The first kappa shape index (κ1) is 14.3. The minimum absolute atomic E-state index is 0.474. The lowest BCUT2D eigenvalue weighted by Crippen LogP contribution is -2.08. The molecule has 2 rings (SSSR count). The monoisotopic (exact) mass is 399 g/mol. The average Bonchev–Trinajstić information content (AvgIpc) is 2.40. The van der Waals surface area contributed by atoms with Gasteiger partial charge in [-0.1, -0.05) is 11.6 Å². The molecule has 0 aliphatic carbocycles. The topological polar surface area (TPSA) is 48.7 Å². The number of nitriles is 1. The summed E-state index contributed by atoms with van der Waals surface area (Å²) in [5, 5.41) is 13.0. The van der Waals surface area contributed by atoms with Gasteiger partial charge in [0.2, 0.25) is 0 Å². The number of rotatable bonds is 3. The molecule has 19 heavy (non-hydrogen) atoms. The molecule has 1 aromatic carbocycles. The van der Waals surface area contributed by atoms with Gasteiger partial charge in [0.15, 0.2) is 0 Å². The second-order valence-corrected chi connectivity index (χ2v) is 5.95. The van der Waals surface area contributed by atoms with Gasteiger partial charge >= 0.3 is 0 Å². The molecular weight excluding hydrogens is 393 g/mol.